The molecule has 0 unspecified atom stereocenters. The second kappa shape index (κ2) is 8.56. The SMILES string of the molecule is CC(=O)/C=C(/C)O.C[Si]1(C)c2ccc[c-]c2-c2nccc3sc4cccc1c4c23.[Ir]. The standard InChI is InChI=1S/C19H14NSSi.C5H8O2.Ir/c1-22(2)15-8-4-3-6-12(15)19-18-14(10-11-20-19)21-13-7-5-9-16(22)17(13)18;1-4(6)3-5(2)7;/h3-5,7-11H,1-2H3;3,6H,1-2H3;/q-1;;/b;4-3-;. The van der Waals surface area contributed by atoms with Gasteiger partial charge in [-0.2, -0.15) is 0 Å². The third-order valence-corrected chi connectivity index (χ3v) is 9.91. The first-order valence-electron chi connectivity index (χ1n) is 9.51. The molecule has 1 aliphatic rings. The molecule has 4 aromatic rings. The summed E-state index contributed by atoms with van der Waals surface area (Å²) in [6.07, 6.45) is 3.11. The number of aromatic nitrogens is 1. The van der Waals surface area contributed by atoms with Crippen LogP contribution < -0.4 is 10.4 Å². The predicted molar refractivity (Wildman–Crippen MR) is 125 cm³/mol. The number of aliphatic hydroxyl groups is 1. The average molecular weight is 609 g/mol. The smallest absolute Gasteiger partial charge is 0.155 e. The van der Waals surface area contributed by atoms with Gasteiger partial charge in [0.15, 0.2) is 5.78 Å². The summed E-state index contributed by atoms with van der Waals surface area (Å²) in [5, 5.41) is 14.1. The fourth-order valence-corrected chi connectivity index (χ4v) is 8.30. The van der Waals surface area contributed by atoms with Gasteiger partial charge in [-0.15, -0.1) is 46.4 Å². The summed E-state index contributed by atoms with van der Waals surface area (Å²) in [5.41, 5.74) is 2.32. The number of nitrogens with zero attached hydrogens (tertiary/aromatic N) is 1. The number of fused-ring (bicyclic) bond motifs is 2. The predicted octanol–water partition coefficient (Wildman–Crippen LogP) is 5.09. The molecule has 0 fully saturated rings. The zero-order chi connectivity index (χ0) is 20.8. The molecule has 6 heteroatoms. The van der Waals surface area contributed by atoms with Gasteiger partial charge in [0.1, 0.15) is 0 Å². The summed E-state index contributed by atoms with van der Waals surface area (Å²) < 4.78 is 2.72. The van der Waals surface area contributed by atoms with Gasteiger partial charge in [-0.25, -0.2) is 0 Å². The quantitative estimate of drug-likeness (QED) is 0.142. The van der Waals surface area contributed by atoms with Gasteiger partial charge >= 0.3 is 0 Å². The van der Waals surface area contributed by atoms with Crippen molar-refractivity contribution in [2.24, 2.45) is 0 Å². The number of hydrogen-bond donors (Lipinski definition) is 1. The van der Waals surface area contributed by atoms with Gasteiger partial charge in [0.25, 0.3) is 0 Å². The third-order valence-electron chi connectivity index (χ3n) is 5.26. The molecule has 155 valence electrons. The Bertz CT molecular complexity index is 1290. The number of rotatable bonds is 1. The average Bonchev–Trinajstić information content (AvgIpc) is 3.02. The van der Waals surface area contributed by atoms with Crippen molar-refractivity contribution in [3.05, 3.63) is 66.6 Å². The molecule has 0 spiro atoms. The Morgan fingerprint density at radius 2 is 1.77 bits per heavy atom. The number of pyridine rings is 1. The van der Waals surface area contributed by atoms with Gasteiger partial charge in [0, 0.05) is 41.8 Å². The molecule has 0 aliphatic carbocycles. The molecule has 0 amide bonds. The van der Waals surface area contributed by atoms with Gasteiger partial charge in [-0.05, 0) is 42.4 Å². The Labute approximate surface area is 194 Å². The van der Waals surface area contributed by atoms with Crippen molar-refractivity contribution < 1.29 is 30.0 Å². The van der Waals surface area contributed by atoms with Crippen LogP contribution in [0.3, 0.4) is 0 Å². The first-order chi connectivity index (χ1) is 13.8. The number of aliphatic hydroxyl groups excluding tert-OH is 1. The molecule has 3 heterocycles. The minimum atomic E-state index is -1.76. The summed E-state index contributed by atoms with van der Waals surface area (Å²) in [7, 11) is -1.76. The fraction of sp³-hybridized carbons (Fsp3) is 0.167. The zero-order valence-electron chi connectivity index (χ0n) is 17.2. The van der Waals surface area contributed by atoms with E-state index in [1.54, 1.807) is 0 Å². The van der Waals surface area contributed by atoms with Crippen molar-refractivity contribution in [3.63, 3.8) is 0 Å². The number of thiophene rings is 1. The molecule has 0 saturated heterocycles. The van der Waals surface area contributed by atoms with Crippen LogP contribution >= 0.6 is 11.3 Å². The molecule has 1 aliphatic heterocycles. The van der Waals surface area contributed by atoms with Gasteiger partial charge in [0.2, 0.25) is 0 Å². The van der Waals surface area contributed by atoms with Gasteiger partial charge in [-0.1, -0.05) is 30.4 Å². The molecule has 2 aromatic carbocycles. The third kappa shape index (κ3) is 3.81. The summed E-state index contributed by atoms with van der Waals surface area (Å²) in [6, 6.07) is 18.9. The Kier molecular flexibility index (Phi) is 6.44. The fourth-order valence-electron chi connectivity index (χ4n) is 4.07. The van der Waals surface area contributed by atoms with Crippen molar-refractivity contribution in [2.45, 2.75) is 26.9 Å². The van der Waals surface area contributed by atoms with Crippen LogP contribution in [0.4, 0.5) is 0 Å². The number of hydrogen-bond acceptors (Lipinski definition) is 4. The first-order valence-corrected chi connectivity index (χ1v) is 13.3. The zero-order valence-corrected chi connectivity index (χ0v) is 21.5. The first kappa shape index (κ1) is 22.6. The van der Waals surface area contributed by atoms with E-state index in [-0.39, 0.29) is 31.6 Å². The number of benzene rings is 2. The molecule has 5 rings (SSSR count). The van der Waals surface area contributed by atoms with E-state index in [2.05, 4.69) is 55.6 Å². The topological polar surface area (TPSA) is 50.2 Å². The van der Waals surface area contributed by atoms with Gasteiger partial charge in [0.05, 0.1) is 13.8 Å². The maximum absolute atomic E-state index is 10.0. The van der Waals surface area contributed by atoms with Gasteiger partial charge < -0.3 is 10.1 Å². The van der Waals surface area contributed by atoms with E-state index in [9.17, 15) is 4.79 Å². The molecule has 0 atom stereocenters. The van der Waals surface area contributed by atoms with Crippen molar-refractivity contribution in [2.75, 3.05) is 0 Å². The monoisotopic (exact) mass is 609 g/mol. The van der Waals surface area contributed by atoms with Crippen LogP contribution in [0.25, 0.3) is 31.4 Å². The van der Waals surface area contributed by atoms with Crippen LogP contribution in [-0.4, -0.2) is 23.9 Å². The summed E-state index contributed by atoms with van der Waals surface area (Å²) in [4.78, 5) is 14.8. The molecular formula is C24H22IrNO2SSi-. The normalized spacial score (nSPS) is 13.8. The summed E-state index contributed by atoms with van der Waals surface area (Å²) in [6.45, 7) is 7.74. The van der Waals surface area contributed by atoms with E-state index in [4.69, 9.17) is 10.1 Å². The van der Waals surface area contributed by atoms with Crippen LogP contribution in [0.5, 0.6) is 0 Å². The minimum absolute atomic E-state index is 0. The van der Waals surface area contributed by atoms with E-state index >= 15 is 0 Å². The molecular weight excluding hydrogens is 587 g/mol. The van der Waals surface area contributed by atoms with Crippen molar-refractivity contribution in [3.8, 4) is 11.3 Å². The van der Waals surface area contributed by atoms with Crippen molar-refractivity contribution >= 4 is 55.7 Å². The van der Waals surface area contributed by atoms with Gasteiger partial charge in [-0.3, -0.25) is 4.79 Å². The Hall–Kier alpha value is -2.11. The van der Waals surface area contributed by atoms with E-state index in [1.165, 1.54) is 56.0 Å². The van der Waals surface area contributed by atoms with E-state index < -0.39 is 8.07 Å². The maximum atomic E-state index is 10.0. The largest absolute Gasteiger partial charge is 0.512 e. The molecule has 0 saturated carbocycles. The van der Waals surface area contributed by atoms with Crippen LogP contribution in [0.1, 0.15) is 13.8 Å². The van der Waals surface area contributed by atoms with Crippen LogP contribution in [0.15, 0.2) is 60.5 Å². The van der Waals surface area contributed by atoms with E-state index in [1.807, 2.05) is 23.6 Å². The van der Waals surface area contributed by atoms with Crippen molar-refractivity contribution in [1.82, 2.24) is 4.98 Å². The number of ketones is 1. The molecule has 1 radical (unpaired) electrons. The van der Waals surface area contributed by atoms with E-state index in [0.29, 0.717) is 0 Å². The summed E-state index contributed by atoms with van der Waals surface area (Å²) >= 11 is 1.88. The summed E-state index contributed by atoms with van der Waals surface area (Å²) in [5.74, 6) is -0.0625. The Balaban J connectivity index is 0.000000281. The molecule has 0 bridgehead atoms. The number of allylic oxidation sites excluding steroid dienone is 2. The van der Waals surface area contributed by atoms with Crippen LogP contribution in [-0.2, 0) is 24.9 Å². The van der Waals surface area contributed by atoms with Crippen LogP contribution in [0, 0.1) is 6.07 Å². The second-order valence-electron chi connectivity index (χ2n) is 7.79. The molecule has 1 N–H and O–H groups in total. The maximum Gasteiger partial charge on any atom is 0.155 e. The second-order valence-corrected chi connectivity index (χ2v) is 13.2. The van der Waals surface area contributed by atoms with E-state index in [0.717, 1.165) is 5.69 Å². The van der Waals surface area contributed by atoms with Crippen molar-refractivity contribution in [1.29, 1.82) is 0 Å². The minimum Gasteiger partial charge on any atom is -0.512 e. The molecule has 30 heavy (non-hydrogen) atoms. The molecule has 2 aromatic heterocycles. The molecule has 3 nitrogen and oxygen atoms in total. The number of carbonyl (C=O) groups is 1. The number of carbonyl (C=O) groups excluding carboxylic acids is 1. The Morgan fingerprint density at radius 1 is 1.07 bits per heavy atom. The van der Waals surface area contributed by atoms with Crippen LogP contribution in [0.2, 0.25) is 13.1 Å². The Morgan fingerprint density at radius 3 is 2.43 bits per heavy atom.